The fraction of sp³-hybridized carbons (Fsp3) is 0.350. The van der Waals surface area contributed by atoms with Gasteiger partial charge in [0.2, 0.25) is 11.8 Å². The Morgan fingerprint density at radius 3 is 2.63 bits per heavy atom. The minimum absolute atomic E-state index is 0.0148. The molecule has 2 N–H and O–H groups in total. The van der Waals surface area contributed by atoms with Crippen LogP contribution in [0.2, 0.25) is 0 Å². The maximum absolute atomic E-state index is 12.1. The molecule has 0 spiro atoms. The first kappa shape index (κ1) is 21.2. The van der Waals surface area contributed by atoms with E-state index < -0.39 is 0 Å². The number of carbonyl (C=O) groups excluding carboxylic acids is 2. The summed E-state index contributed by atoms with van der Waals surface area (Å²) in [6.45, 7) is 8.06. The average molecular weight is 404 g/mol. The van der Waals surface area contributed by atoms with Crippen LogP contribution in [0.5, 0.6) is 0 Å². The molecule has 0 saturated heterocycles. The lowest BCUT2D eigenvalue weighted by Gasteiger charge is -2.26. The van der Waals surface area contributed by atoms with Crippen molar-refractivity contribution >= 4 is 40.0 Å². The minimum atomic E-state index is -0.132. The number of hydrogen-bond donors (Lipinski definition) is 2. The summed E-state index contributed by atoms with van der Waals surface area (Å²) < 4.78 is 0. The molecular formula is C20H25N3O2S2. The van der Waals surface area contributed by atoms with Crippen molar-refractivity contribution in [1.82, 2.24) is 10.3 Å². The number of aromatic nitrogens is 1. The van der Waals surface area contributed by atoms with E-state index in [0.717, 1.165) is 16.2 Å². The molecule has 3 rings (SSSR count). The van der Waals surface area contributed by atoms with Crippen LogP contribution in [0.25, 0.3) is 0 Å². The molecule has 1 aromatic heterocycles. The van der Waals surface area contributed by atoms with Crippen LogP contribution in [-0.4, -0.2) is 22.6 Å². The van der Waals surface area contributed by atoms with Gasteiger partial charge in [0.15, 0.2) is 5.13 Å². The highest BCUT2D eigenvalue weighted by atomic mass is 32.2. The van der Waals surface area contributed by atoms with Crippen molar-refractivity contribution in [2.75, 3.05) is 11.1 Å². The number of nitrogens with one attached hydrogen (secondary N) is 2. The van der Waals surface area contributed by atoms with Crippen molar-refractivity contribution in [3.63, 3.8) is 0 Å². The third-order valence-corrected chi connectivity index (χ3v) is 5.84. The van der Waals surface area contributed by atoms with Gasteiger partial charge in [-0.2, -0.15) is 0 Å². The normalized spacial score (nSPS) is 16.3. The Morgan fingerprint density at radius 1 is 1.30 bits per heavy atom. The van der Waals surface area contributed by atoms with Gasteiger partial charge in [0, 0.05) is 23.9 Å². The van der Waals surface area contributed by atoms with Gasteiger partial charge in [-0.05, 0) is 25.0 Å². The van der Waals surface area contributed by atoms with Crippen LogP contribution in [-0.2, 0) is 9.59 Å². The van der Waals surface area contributed by atoms with Crippen molar-refractivity contribution in [3.05, 3.63) is 57.6 Å². The largest absolute Gasteiger partial charge is 0.321 e. The summed E-state index contributed by atoms with van der Waals surface area (Å²) in [6, 6.07) is 8.26. The molecule has 0 bridgehead atoms. The number of hydrogen-bond acceptors (Lipinski definition) is 5. The summed E-state index contributed by atoms with van der Waals surface area (Å²) in [4.78, 5) is 28.2. The number of allylic oxidation sites excluding steroid dienone is 1. The van der Waals surface area contributed by atoms with Crippen LogP contribution in [0.15, 0.2) is 46.4 Å². The number of carbonyl (C=O) groups is 2. The second-order valence-electron chi connectivity index (χ2n) is 5.90. The van der Waals surface area contributed by atoms with Gasteiger partial charge in [0.1, 0.15) is 0 Å². The third-order valence-electron chi connectivity index (χ3n) is 4.03. The highest BCUT2D eigenvalue weighted by molar-refractivity contribution is 8.03. The van der Waals surface area contributed by atoms with Crippen molar-refractivity contribution in [2.45, 2.75) is 40.0 Å². The number of nitrogens with zero attached hydrogens (tertiary/aromatic N) is 1. The molecule has 1 unspecified atom stereocenters. The second-order valence-corrected chi connectivity index (χ2v) is 7.78. The monoisotopic (exact) mass is 403 g/mol. The molecule has 7 heteroatoms. The Morgan fingerprint density at radius 2 is 2.00 bits per heavy atom. The highest BCUT2D eigenvalue weighted by Crippen LogP contribution is 2.35. The van der Waals surface area contributed by atoms with Crippen molar-refractivity contribution in [3.8, 4) is 0 Å². The van der Waals surface area contributed by atoms with E-state index in [1.165, 1.54) is 28.7 Å². The minimum Gasteiger partial charge on any atom is -0.321 e. The lowest BCUT2D eigenvalue weighted by Crippen LogP contribution is -2.31. The molecule has 0 saturated carbocycles. The Balaban J connectivity index is 0.00000126. The maximum atomic E-state index is 12.1. The van der Waals surface area contributed by atoms with Gasteiger partial charge in [-0.15, -0.1) is 11.3 Å². The molecule has 1 aromatic carbocycles. The zero-order valence-electron chi connectivity index (χ0n) is 16.0. The number of benzene rings is 1. The molecule has 1 aliphatic rings. The predicted octanol–water partition coefficient (Wildman–Crippen LogP) is 4.68. The molecular weight excluding hydrogens is 378 g/mol. The van der Waals surface area contributed by atoms with E-state index in [-0.39, 0.29) is 23.5 Å². The molecule has 2 amide bonds. The molecule has 2 heterocycles. The second kappa shape index (κ2) is 10.3. The van der Waals surface area contributed by atoms with Crippen LogP contribution >= 0.6 is 23.1 Å². The third kappa shape index (κ3) is 5.94. The number of rotatable bonds is 5. The zero-order valence-corrected chi connectivity index (χ0v) is 17.7. The fourth-order valence-corrected chi connectivity index (χ4v) is 4.12. The van der Waals surface area contributed by atoms with Crippen LogP contribution in [0.3, 0.4) is 0 Å². The Labute approximate surface area is 168 Å². The van der Waals surface area contributed by atoms with E-state index in [9.17, 15) is 9.59 Å². The quantitative estimate of drug-likeness (QED) is 0.760. The van der Waals surface area contributed by atoms with Gasteiger partial charge in [-0.1, -0.05) is 55.4 Å². The first-order chi connectivity index (χ1) is 13.0. The first-order valence-corrected chi connectivity index (χ1v) is 10.8. The molecule has 144 valence electrons. The summed E-state index contributed by atoms with van der Waals surface area (Å²) in [5.74, 6) is 0.137. The maximum Gasteiger partial charge on any atom is 0.236 e. The van der Waals surface area contributed by atoms with Crippen LogP contribution in [0, 0.1) is 6.92 Å². The van der Waals surface area contributed by atoms with E-state index in [1.54, 1.807) is 6.20 Å². The van der Waals surface area contributed by atoms with Gasteiger partial charge in [0.05, 0.1) is 10.8 Å². The summed E-state index contributed by atoms with van der Waals surface area (Å²) in [6.07, 6.45) is 2.08. The molecule has 1 aliphatic heterocycles. The van der Waals surface area contributed by atoms with E-state index in [0.29, 0.717) is 11.6 Å². The number of amides is 2. The molecule has 0 aliphatic carbocycles. The van der Waals surface area contributed by atoms with Gasteiger partial charge in [0.25, 0.3) is 0 Å². The molecule has 2 aromatic rings. The highest BCUT2D eigenvalue weighted by Gasteiger charge is 2.26. The van der Waals surface area contributed by atoms with E-state index in [4.69, 9.17) is 0 Å². The van der Waals surface area contributed by atoms with Crippen molar-refractivity contribution in [1.29, 1.82) is 0 Å². The van der Waals surface area contributed by atoms with Gasteiger partial charge >= 0.3 is 0 Å². The van der Waals surface area contributed by atoms with Crippen LogP contribution < -0.4 is 10.6 Å². The standard InChI is InChI=1S/C18H19N3O2S2.C2H6/c1-11-3-5-13(6-4-11)14-9-15(22)20-17(12(14)2)25-10-16(23)21-18-19-7-8-24-18;1-2/h3-8,14H,9-10H2,1-2H3,(H,20,22)(H,19,21,23);1-2H3. The van der Waals surface area contributed by atoms with E-state index >= 15 is 0 Å². The summed E-state index contributed by atoms with van der Waals surface area (Å²) in [7, 11) is 0. The zero-order chi connectivity index (χ0) is 19.8. The summed E-state index contributed by atoms with van der Waals surface area (Å²) in [5.41, 5.74) is 3.41. The number of thioether (sulfide) groups is 1. The van der Waals surface area contributed by atoms with E-state index in [1.807, 2.05) is 33.1 Å². The van der Waals surface area contributed by atoms with E-state index in [2.05, 4.69) is 39.9 Å². The van der Waals surface area contributed by atoms with Crippen LogP contribution in [0.1, 0.15) is 44.2 Å². The predicted molar refractivity (Wildman–Crippen MR) is 114 cm³/mol. The Hall–Kier alpha value is -2.12. The SMILES string of the molecule is CC.CC1=C(SCC(=O)Nc2nccs2)NC(=O)CC1c1ccc(C)cc1. The van der Waals surface area contributed by atoms with Gasteiger partial charge < -0.3 is 10.6 Å². The summed E-state index contributed by atoms with van der Waals surface area (Å²) >= 11 is 2.73. The van der Waals surface area contributed by atoms with Gasteiger partial charge in [-0.25, -0.2) is 4.98 Å². The lowest BCUT2D eigenvalue weighted by atomic mass is 9.87. The number of anilines is 1. The summed E-state index contributed by atoms with van der Waals surface area (Å²) in [5, 5.41) is 8.82. The average Bonchev–Trinajstić information content (AvgIpc) is 3.17. The smallest absolute Gasteiger partial charge is 0.236 e. The van der Waals surface area contributed by atoms with Crippen LogP contribution in [0.4, 0.5) is 5.13 Å². The molecule has 0 fully saturated rings. The molecule has 27 heavy (non-hydrogen) atoms. The lowest BCUT2D eigenvalue weighted by molar-refractivity contribution is -0.121. The fourth-order valence-electron chi connectivity index (χ4n) is 2.67. The topological polar surface area (TPSA) is 71.1 Å². The number of aryl methyl sites for hydroxylation is 1. The Kier molecular flexibility index (Phi) is 8.06. The molecule has 5 nitrogen and oxygen atoms in total. The molecule has 1 atom stereocenters. The van der Waals surface area contributed by atoms with Gasteiger partial charge in [-0.3, -0.25) is 9.59 Å². The Bertz CT molecular complexity index is 799. The first-order valence-electron chi connectivity index (χ1n) is 8.92. The number of thiazole rings is 1. The van der Waals surface area contributed by atoms with Crippen molar-refractivity contribution in [2.24, 2.45) is 0 Å². The molecule has 0 radical (unpaired) electrons. The van der Waals surface area contributed by atoms with Crippen molar-refractivity contribution < 1.29 is 9.59 Å².